The molecule has 0 saturated heterocycles. The predicted octanol–water partition coefficient (Wildman–Crippen LogP) is 0.779. The van der Waals surface area contributed by atoms with Crippen LogP contribution >= 0.6 is 0 Å². The van der Waals surface area contributed by atoms with Crippen LogP contribution in [0.1, 0.15) is 0 Å². The molecule has 0 rings (SSSR count). The van der Waals surface area contributed by atoms with Gasteiger partial charge in [0.15, 0.2) is 0 Å². The van der Waals surface area contributed by atoms with Crippen LogP contribution in [0.5, 0.6) is 0 Å². The van der Waals surface area contributed by atoms with Crippen LogP contribution in [0.4, 0.5) is 0 Å². The van der Waals surface area contributed by atoms with E-state index in [9.17, 15) is 0 Å². The molecule has 0 atom stereocenters. The predicted molar refractivity (Wildman–Crippen MR) is 13.5 cm³/mol. The average Bonchev–Trinajstić information content (AvgIpc) is 1.00. The topological polar surface area (TPSA) is 17.1 Å². The number of hydrogen-bond donors (Lipinski definition) is 0. The maximum absolute atomic E-state index is 7.94. The first kappa shape index (κ1) is 27.6. The van der Waals surface area contributed by atoms with Crippen molar-refractivity contribution in [2.45, 2.75) is 0 Å². The zero-order chi connectivity index (χ0) is 2.00. The van der Waals surface area contributed by atoms with Gasteiger partial charge in [0.2, 0.25) is 0 Å². The third-order valence-electron chi connectivity index (χ3n) is 0. The molecule has 0 unspecified atom stereocenters. The summed E-state index contributed by atoms with van der Waals surface area (Å²) >= 11 is 2.31. The fourth-order valence-electron chi connectivity index (χ4n) is 0. The molecule has 0 aliphatic heterocycles. The molecule has 31 valence electrons. The maximum atomic E-state index is 7.94. The van der Waals surface area contributed by atoms with Gasteiger partial charge in [0.25, 0.3) is 0 Å². The second-order valence-corrected chi connectivity index (χ2v) is 0. The van der Waals surface area contributed by atoms with Gasteiger partial charge in [0, 0.05) is 0 Å². The van der Waals surface area contributed by atoms with Crippen LogP contribution < -0.4 is 0 Å². The van der Waals surface area contributed by atoms with E-state index in [0.29, 0.717) is 0 Å². The molecule has 0 aliphatic carbocycles. The molecule has 0 aliphatic rings. The Hall–Kier alpha value is 0.306. The Kier molecular flexibility index (Phi) is 1290. The second-order valence-electron chi connectivity index (χ2n) is 0. The Bertz CT molecular complexity index is 6.00. The van der Waals surface area contributed by atoms with Crippen molar-refractivity contribution >= 4 is 0 Å². The van der Waals surface area contributed by atoms with E-state index >= 15 is 0 Å². The second kappa shape index (κ2) is 187. The van der Waals surface area contributed by atoms with Crippen LogP contribution in [0.3, 0.4) is 0 Å². The quantitative estimate of drug-likeness (QED) is 0.416. The van der Waals surface area contributed by atoms with E-state index in [-0.39, 0.29) is 14.9 Å². The minimum absolute atomic E-state index is 0. The summed E-state index contributed by atoms with van der Waals surface area (Å²) in [5.41, 5.74) is 0. The van der Waals surface area contributed by atoms with E-state index in [1.165, 1.54) is 0 Å². The molecule has 4 heavy (non-hydrogen) atoms. The molecule has 2 heteroatoms. The SMILES string of the molecule is [CH3-].[CH3-].[O]=[Co]. The van der Waals surface area contributed by atoms with Gasteiger partial charge in [-0.3, -0.25) is 0 Å². The van der Waals surface area contributed by atoms with Crippen molar-refractivity contribution in [1.82, 2.24) is 0 Å². The van der Waals surface area contributed by atoms with Crippen LogP contribution in [-0.2, 0) is 19.5 Å². The van der Waals surface area contributed by atoms with E-state index in [2.05, 4.69) is 15.7 Å². The van der Waals surface area contributed by atoms with E-state index in [0.717, 1.165) is 0 Å². The van der Waals surface area contributed by atoms with Gasteiger partial charge in [0.1, 0.15) is 0 Å². The molecule has 0 spiro atoms. The average molecular weight is 105 g/mol. The first-order valence-electron chi connectivity index (χ1n) is 0.136. The molecule has 0 N–H and O–H groups in total. The molecule has 0 heterocycles. The van der Waals surface area contributed by atoms with Crippen molar-refractivity contribution in [2.75, 3.05) is 0 Å². The van der Waals surface area contributed by atoms with Crippen LogP contribution in [0.25, 0.3) is 0 Å². The number of hydrogen-bond acceptors (Lipinski definition) is 1. The van der Waals surface area contributed by atoms with Gasteiger partial charge in [-0.2, -0.15) is 0 Å². The molecule has 0 aromatic carbocycles. The van der Waals surface area contributed by atoms with E-state index in [4.69, 9.17) is 3.87 Å². The molecule has 1 nitrogen and oxygen atoms in total. The van der Waals surface area contributed by atoms with Gasteiger partial charge in [-0.1, -0.05) is 0 Å². The van der Waals surface area contributed by atoms with Crippen molar-refractivity contribution in [1.29, 1.82) is 0 Å². The summed E-state index contributed by atoms with van der Waals surface area (Å²) in [5, 5.41) is 0. The van der Waals surface area contributed by atoms with Gasteiger partial charge in [-0.25, -0.2) is 0 Å². The van der Waals surface area contributed by atoms with E-state index in [1.807, 2.05) is 0 Å². The minimum atomic E-state index is 0. The summed E-state index contributed by atoms with van der Waals surface area (Å²) in [6.45, 7) is 0. The van der Waals surface area contributed by atoms with Crippen molar-refractivity contribution in [3.8, 4) is 0 Å². The van der Waals surface area contributed by atoms with Crippen molar-refractivity contribution in [3.63, 3.8) is 0 Å². The molecular formula is C2H6CoO-2. The van der Waals surface area contributed by atoms with Crippen molar-refractivity contribution < 1.29 is 19.5 Å². The normalized spacial score (nSPS) is 1.25. The molecule has 0 bridgehead atoms. The fraction of sp³-hybridized carbons (Fsp3) is 0. The third kappa shape index (κ3) is 41.9. The number of rotatable bonds is 0. The Morgan fingerprint density at radius 1 is 1.00 bits per heavy atom. The Labute approximate surface area is 35.2 Å². The molecule has 0 aromatic heterocycles. The first-order chi connectivity index (χ1) is 1.00. The fourth-order valence-corrected chi connectivity index (χ4v) is 0. The summed E-state index contributed by atoms with van der Waals surface area (Å²) in [6, 6.07) is 0. The van der Waals surface area contributed by atoms with Gasteiger partial charge >= 0.3 is 19.5 Å². The zero-order valence-electron chi connectivity index (χ0n) is 2.74. The zero-order valence-corrected chi connectivity index (χ0v) is 3.78. The summed E-state index contributed by atoms with van der Waals surface area (Å²) in [7, 11) is 0. The molecule has 0 aromatic rings. The molecular weight excluding hydrogens is 99.0 g/mol. The van der Waals surface area contributed by atoms with Crippen molar-refractivity contribution in [3.05, 3.63) is 14.9 Å². The Balaban J connectivity index is -0.00000000500. The van der Waals surface area contributed by atoms with Gasteiger partial charge in [-0.05, 0) is 0 Å². The summed E-state index contributed by atoms with van der Waals surface area (Å²) < 4.78 is 7.94. The Morgan fingerprint density at radius 3 is 1.00 bits per heavy atom. The van der Waals surface area contributed by atoms with Crippen molar-refractivity contribution in [2.24, 2.45) is 0 Å². The molecule has 0 fully saturated rings. The summed E-state index contributed by atoms with van der Waals surface area (Å²) in [6.07, 6.45) is 0. The summed E-state index contributed by atoms with van der Waals surface area (Å²) in [5.74, 6) is 0. The van der Waals surface area contributed by atoms with E-state index < -0.39 is 0 Å². The van der Waals surface area contributed by atoms with Crippen LogP contribution in [0, 0.1) is 14.9 Å². The van der Waals surface area contributed by atoms with Crippen LogP contribution in [-0.4, -0.2) is 0 Å². The summed E-state index contributed by atoms with van der Waals surface area (Å²) in [4.78, 5) is 0. The molecule has 0 amide bonds. The molecule has 0 saturated carbocycles. The van der Waals surface area contributed by atoms with Crippen LogP contribution in [0.2, 0.25) is 0 Å². The first-order valence-corrected chi connectivity index (χ1v) is 0.561. The van der Waals surface area contributed by atoms with E-state index in [1.54, 1.807) is 0 Å². The van der Waals surface area contributed by atoms with Crippen LogP contribution in [0.15, 0.2) is 0 Å². The van der Waals surface area contributed by atoms with Gasteiger partial charge in [0.05, 0.1) is 0 Å². The Morgan fingerprint density at radius 2 is 1.00 bits per heavy atom. The third-order valence-corrected chi connectivity index (χ3v) is 0. The molecule has 0 radical (unpaired) electrons. The monoisotopic (exact) mass is 105 g/mol. The standard InChI is InChI=1S/2CH3.Co.O/h2*1H3;;/q2*-1;;. The van der Waals surface area contributed by atoms with Gasteiger partial charge in [-0.15, -0.1) is 0 Å². The van der Waals surface area contributed by atoms with Gasteiger partial charge < -0.3 is 14.9 Å².